The van der Waals surface area contributed by atoms with E-state index in [0.717, 1.165) is 18.6 Å². The van der Waals surface area contributed by atoms with Crippen LogP contribution in [-0.2, 0) is 10.0 Å². The summed E-state index contributed by atoms with van der Waals surface area (Å²) >= 11 is 1.20. The van der Waals surface area contributed by atoms with Gasteiger partial charge in [0, 0.05) is 23.7 Å². The van der Waals surface area contributed by atoms with Crippen molar-refractivity contribution in [1.29, 1.82) is 0 Å². The van der Waals surface area contributed by atoms with Crippen molar-refractivity contribution in [3.63, 3.8) is 0 Å². The number of thiophene rings is 1. The molecule has 1 aliphatic rings. The molecule has 140 valence electrons. The van der Waals surface area contributed by atoms with Gasteiger partial charge in [0.2, 0.25) is 10.0 Å². The summed E-state index contributed by atoms with van der Waals surface area (Å²) < 4.78 is 32.3. The largest absolute Gasteiger partial charge is 0.494 e. The summed E-state index contributed by atoms with van der Waals surface area (Å²) in [6, 6.07) is 8.55. The van der Waals surface area contributed by atoms with Crippen molar-refractivity contribution in [2.75, 3.05) is 25.0 Å². The molecule has 1 aromatic carbocycles. The maximum Gasteiger partial charge on any atom is 0.265 e. The Balaban J connectivity index is 1.76. The Morgan fingerprint density at radius 1 is 1.23 bits per heavy atom. The lowest BCUT2D eigenvalue weighted by molar-refractivity contribution is 0.103. The molecular formula is C18H22N2O4S2. The van der Waals surface area contributed by atoms with Crippen molar-refractivity contribution in [3.8, 4) is 5.75 Å². The zero-order valence-corrected chi connectivity index (χ0v) is 16.5. The number of sulfonamides is 1. The van der Waals surface area contributed by atoms with Gasteiger partial charge in [0.25, 0.3) is 5.91 Å². The van der Waals surface area contributed by atoms with Gasteiger partial charge in [0.1, 0.15) is 5.75 Å². The standard InChI is InChI=1S/C18H22N2O4S2/c1-3-24-15-8-6-14(7-9-15)19-18(21)16-12-17(13(2)25-16)26(22,23)20-10-4-5-11-20/h6-9,12H,3-5,10-11H2,1-2H3,(H,19,21). The molecule has 1 saturated heterocycles. The minimum atomic E-state index is -3.52. The number of carbonyl (C=O) groups excluding carboxylic acids is 1. The highest BCUT2D eigenvalue weighted by Crippen LogP contribution is 2.30. The summed E-state index contributed by atoms with van der Waals surface area (Å²) in [4.78, 5) is 13.8. The summed E-state index contributed by atoms with van der Waals surface area (Å²) in [6.45, 7) is 5.31. The van der Waals surface area contributed by atoms with Crippen LogP contribution in [-0.4, -0.2) is 38.3 Å². The van der Waals surface area contributed by atoms with Crippen LogP contribution < -0.4 is 10.1 Å². The number of rotatable bonds is 6. The highest BCUT2D eigenvalue weighted by molar-refractivity contribution is 7.89. The fraction of sp³-hybridized carbons (Fsp3) is 0.389. The molecular weight excluding hydrogens is 372 g/mol. The van der Waals surface area contributed by atoms with Crippen molar-refractivity contribution in [2.24, 2.45) is 0 Å². The van der Waals surface area contributed by atoms with E-state index in [0.29, 0.717) is 35.1 Å². The van der Waals surface area contributed by atoms with E-state index < -0.39 is 10.0 Å². The molecule has 0 unspecified atom stereocenters. The number of nitrogens with zero attached hydrogens (tertiary/aromatic N) is 1. The Bertz CT molecular complexity index is 882. The van der Waals surface area contributed by atoms with Crippen molar-refractivity contribution < 1.29 is 17.9 Å². The molecule has 1 fully saturated rings. The first-order valence-corrected chi connectivity index (χ1v) is 10.8. The number of ether oxygens (including phenoxy) is 1. The number of aryl methyl sites for hydroxylation is 1. The van der Waals surface area contributed by atoms with Gasteiger partial charge in [-0.3, -0.25) is 4.79 Å². The maximum atomic E-state index is 12.7. The average Bonchev–Trinajstić information content (AvgIpc) is 3.27. The van der Waals surface area contributed by atoms with Crippen LogP contribution in [0.3, 0.4) is 0 Å². The SMILES string of the molecule is CCOc1ccc(NC(=O)c2cc(S(=O)(=O)N3CCCC3)c(C)s2)cc1. The fourth-order valence-electron chi connectivity index (χ4n) is 2.89. The monoisotopic (exact) mass is 394 g/mol. The lowest BCUT2D eigenvalue weighted by Gasteiger charge is -2.14. The Labute approximate surface area is 157 Å². The van der Waals surface area contributed by atoms with Crippen molar-refractivity contribution in [1.82, 2.24) is 4.31 Å². The van der Waals surface area contributed by atoms with E-state index >= 15 is 0 Å². The topological polar surface area (TPSA) is 75.7 Å². The average molecular weight is 395 g/mol. The first-order valence-electron chi connectivity index (χ1n) is 8.56. The summed E-state index contributed by atoms with van der Waals surface area (Å²) in [5.41, 5.74) is 0.633. The number of carbonyl (C=O) groups is 1. The second-order valence-electron chi connectivity index (χ2n) is 6.05. The Morgan fingerprint density at radius 3 is 2.50 bits per heavy atom. The summed E-state index contributed by atoms with van der Waals surface area (Å²) in [6.07, 6.45) is 1.76. The molecule has 1 aliphatic heterocycles. The van der Waals surface area contributed by atoms with Crippen LogP contribution in [0.2, 0.25) is 0 Å². The molecule has 0 radical (unpaired) electrons. The first kappa shape index (κ1) is 18.9. The number of anilines is 1. The van der Waals surface area contributed by atoms with Crippen LogP contribution in [0.25, 0.3) is 0 Å². The minimum Gasteiger partial charge on any atom is -0.494 e. The lowest BCUT2D eigenvalue weighted by atomic mass is 10.3. The smallest absolute Gasteiger partial charge is 0.265 e. The number of hydrogen-bond acceptors (Lipinski definition) is 5. The van der Waals surface area contributed by atoms with E-state index in [-0.39, 0.29) is 10.8 Å². The van der Waals surface area contributed by atoms with Crippen molar-refractivity contribution >= 4 is 33.0 Å². The minimum absolute atomic E-state index is 0.237. The second kappa shape index (κ2) is 7.77. The van der Waals surface area contributed by atoms with E-state index in [4.69, 9.17) is 4.74 Å². The number of hydrogen-bond donors (Lipinski definition) is 1. The molecule has 0 saturated carbocycles. The summed E-state index contributed by atoms with van der Waals surface area (Å²) in [7, 11) is -3.52. The molecule has 0 spiro atoms. The van der Waals surface area contributed by atoms with Gasteiger partial charge >= 0.3 is 0 Å². The molecule has 3 rings (SSSR count). The number of benzene rings is 1. The zero-order valence-electron chi connectivity index (χ0n) is 14.8. The van der Waals surface area contributed by atoms with Crippen LogP contribution in [0.5, 0.6) is 5.75 Å². The molecule has 6 nitrogen and oxygen atoms in total. The molecule has 1 amide bonds. The number of nitrogens with one attached hydrogen (secondary N) is 1. The van der Waals surface area contributed by atoms with E-state index in [9.17, 15) is 13.2 Å². The van der Waals surface area contributed by atoms with Gasteiger partial charge in [-0.15, -0.1) is 11.3 Å². The van der Waals surface area contributed by atoms with Gasteiger partial charge in [0.05, 0.1) is 16.4 Å². The highest BCUT2D eigenvalue weighted by Gasteiger charge is 2.30. The van der Waals surface area contributed by atoms with Gasteiger partial charge in [-0.05, 0) is 57.0 Å². The zero-order chi connectivity index (χ0) is 18.7. The normalized spacial score (nSPS) is 15.2. The molecule has 1 N–H and O–H groups in total. The Hall–Kier alpha value is -1.90. The van der Waals surface area contributed by atoms with Gasteiger partial charge in [-0.2, -0.15) is 4.31 Å². The third-order valence-electron chi connectivity index (χ3n) is 4.20. The third-order valence-corrected chi connectivity index (χ3v) is 7.41. The van der Waals surface area contributed by atoms with Crippen LogP contribution in [0, 0.1) is 6.92 Å². The lowest BCUT2D eigenvalue weighted by Crippen LogP contribution is -2.28. The Morgan fingerprint density at radius 2 is 1.88 bits per heavy atom. The Kier molecular flexibility index (Phi) is 5.64. The van der Waals surface area contributed by atoms with E-state index in [2.05, 4.69) is 5.32 Å². The first-order chi connectivity index (χ1) is 12.4. The highest BCUT2D eigenvalue weighted by atomic mass is 32.2. The second-order valence-corrected chi connectivity index (χ2v) is 9.22. The van der Waals surface area contributed by atoms with Crippen molar-refractivity contribution in [3.05, 3.63) is 40.1 Å². The molecule has 2 heterocycles. The van der Waals surface area contributed by atoms with Crippen molar-refractivity contribution in [2.45, 2.75) is 31.6 Å². The van der Waals surface area contributed by atoms with E-state index in [1.54, 1.807) is 31.2 Å². The predicted molar refractivity (Wildman–Crippen MR) is 103 cm³/mol. The molecule has 8 heteroatoms. The van der Waals surface area contributed by atoms with Gasteiger partial charge < -0.3 is 10.1 Å². The van der Waals surface area contributed by atoms with Gasteiger partial charge in [-0.1, -0.05) is 0 Å². The molecule has 0 atom stereocenters. The molecule has 0 aliphatic carbocycles. The van der Waals surface area contributed by atoms with E-state index in [1.807, 2.05) is 6.92 Å². The van der Waals surface area contributed by atoms with Crippen LogP contribution in [0.15, 0.2) is 35.2 Å². The fourth-order valence-corrected chi connectivity index (χ4v) is 5.87. The maximum absolute atomic E-state index is 12.7. The van der Waals surface area contributed by atoms with Gasteiger partial charge in [0.15, 0.2) is 0 Å². The van der Waals surface area contributed by atoms with Crippen LogP contribution in [0.1, 0.15) is 34.3 Å². The molecule has 26 heavy (non-hydrogen) atoms. The van der Waals surface area contributed by atoms with Gasteiger partial charge in [-0.25, -0.2) is 8.42 Å². The van der Waals surface area contributed by atoms with E-state index in [1.165, 1.54) is 21.7 Å². The number of amides is 1. The predicted octanol–water partition coefficient (Wildman–Crippen LogP) is 3.49. The van der Waals surface area contributed by atoms with Crippen LogP contribution in [0.4, 0.5) is 5.69 Å². The quantitative estimate of drug-likeness (QED) is 0.814. The molecule has 2 aromatic rings. The third kappa shape index (κ3) is 3.92. The van der Waals surface area contributed by atoms with Crippen LogP contribution >= 0.6 is 11.3 Å². The summed E-state index contributed by atoms with van der Waals surface area (Å²) in [5, 5.41) is 2.80. The molecule has 0 bridgehead atoms. The summed E-state index contributed by atoms with van der Waals surface area (Å²) in [5.74, 6) is 0.418. The molecule has 1 aromatic heterocycles.